The first kappa shape index (κ1) is 29.0. The maximum Gasteiger partial charge on any atom is 0.307 e. The SMILES string of the molecule is COc1ccc(F)c(-c2ccc(COc3cc(F)c4c(c3F)[C@@]3(CC4)CC[C@@H]3C(=O)O)cc2[C@@H](OC)C(C)(C)C)c1. The van der Waals surface area contributed by atoms with Gasteiger partial charge in [-0.25, -0.2) is 13.2 Å². The lowest BCUT2D eigenvalue weighted by molar-refractivity contribution is -0.149. The van der Waals surface area contributed by atoms with E-state index in [1.807, 2.05) is 26.8 Å². The molecule has 3 atom stereocenters. The molecule has 0 bridgehead atoms. The van der Waals surface area contributed by atoms with E-state index in [0.29, 0.717) is 53.7 Å². The number of carboxylic acid groups (broad SMARTS) is 1. The van der Waals surface area contributed by atoms with Crippen molar-refractivity contribution in [3.05, 3.63) is 82.2 Å². The lowest BCUT2D eigenvalue weighted by Gasteiger charge is -2.45. The molecule has 8 heteroatoms. The largest absolute Gasteiger partial charge is 0.497 e. The van der Waals surface area contributed by atoms with Crippen molar-refractivity contribution < 1.29 is 37.3 Å². The van der Waals surface area contributed by atoms with Crippen LogP contribution in [-0.2, 0) is 28.0 Å². The third-order valence-electron chi connectivity index (χ3n) is 8.73. The minimum atomic E-state index is -0.984. The molecule has 3 aromatic carbocycles. The minimum absolute atomic E-state index is 0.0844. The van der Waals surface area contributed by atoms with Gasteiger partial charge in [0.15, 0.2) is 11.6 Å². The summed E-state index contributed by atoms with van der Waals surface area (Å²) in [5.41, 5.74) is 1.50. The van der Waals surface area contributed by atoms with Gasteiger partial charge >= 0.3 is 5.97 Å². The number of methoxy groups -OCH3 is 2. The third-order valence-corrected chi connectivity index (χ3v) is 8.73. The summed E-state index contributed by atoms with van der Waals surface area (Å²) in [6.07, 6.45) is 1.24. The fourth-order valence-corrected chi connectivity index (χ4v) is 6.69. The van der Waals surface area contributed by atoms with Crippen LogP contribution < -0.4 is 9.47 Å². The Morgan fingerprint density at radius 3 is 2.39 bits per heavy atom. The van der Waals surface area contributed by atoms with Gasteiger partial charge in [0.2, 0.25) is 0 Å². The van der Waals surface area contributed by atoms with Crippen LogP contribution in [0.15, 0.2) is 42.5 Å². The normalized spacial score (nSPS) is 20.4. The monoisotopic (exact) mass is 568 g/mol. The van der Waals surface area contributed by atoms with Gasteiger partial charge < -0.3 is 19.3 Å². The van der Waals surface area contributed by atoms with E-state index in [-0.39, 0.29) is 28.9 Å². The van der Waals surface area contributed by atoms with E-state index in [0.717, 1.165) is 6.07 Å². The molecule has 0 unspecified atom stereocenters. The van der Waals surface area contributed by atoms with Gasteiger partial charge in [-0.05, 0) is 77.6 Å². The van der Waals surface area contributed by atoms with Crippen LogP contribution in [0, 0.1) is 28.8 Å². The second-order valence-electron chi connectivity index (χ2n) is 12.1. The van der Waals surface area contributed by atoms with E-state index in [9.17, 15) is 9.90 Å². The standard InChI is InChI=1S/C33H35F3O5/c1-32(2,3)30(40-5)23-14-18(6-8-20(23)22-15-19(39-4)7-9-25(22)34)17-41-27-16-26(35)21-10-12-33(28(21)29(27)36)13-11-24(33)31(37)38/h6-9,14-16,24,30H,10-13,17H2,1-5H3,(H,37,38)/t24-,30-,33+/m1/s1. The predicted octanol–water partition coefficient (Wildman–Crippen LogP) is 7.77. The lowest BCUT2D eigenvalue weighted by atomic mass is 9.57. The maximum absolute atomic E-state index is 15.9. The molecule has 1 saturated carbocycles. The number of halogens is 3. The zero-order chi connectivity index (χ0) is 29.7. The Kier molecular flexibility index (Phi) is 7.57. The molecular formula is C33H35F3O5. The first-order valence-electron chi connectivity index (χ1n) is 13.8. The third kappa shape index (κ3) is 4.96. The van der Waals surface area contributed by atoms with Crippen LogP contribution in [0.3, 0.4) is 0 Å². The maximum atomic E-state index is 15.9. The summed E-state index contributed by atoms with van der Waals surface area (Å²) in [5, 5.41) is 9.68. The quantitative estimate of drug-likeness (QED) is 0.301. The van der Waals surface area contributed by atoms with Gasteiger partial charge in [0.25, 0.3) is 0 Å². The summed E-state index contributed by atoms with van der Waals surface area (Å²) < 4.78 is 63.1. The van der Waals surface area contributed by atoms with E-state index in [1.165, 1.54) is 13.2 Å². The molecule has 0 aromatic heterocycles. The molecule has 5 rings (SSSR count). The summed E-state index contributed by atoms with van der Waals surface area (Å²) in [6.45, 7) is 5.96. The number of carbonyl (C=O) groups is 1. The van der Waals surface area contributed by atoms with Crippen molar-refractivity contribution >= 4 is 5.97 Å². The predicted molar refractivity (Wildman–Crippen MR) is 149 cm³/mol. The van der Waals surface area contributed by atoms with Crippen molar-refractivity contribution in [2.45, 2.75) is 64.6 Å². The number of rotatable bonds is 8. The topological polar surface area (TPSA) is 65.0 Å². The molecule has 218 valence electrons. The Morgan fingerprint density at radius 2 is 1.78 bits per heavy atom. The van der Waals surface area contributed by atoms with Crippen molar-refractivity contribution in [2.75, 3.05) is 14.2 Å². The van der Waals surface area contributed by atoms with Gasteiger partial charge in [0.1, 0.15) is 24.0 Å². The molecule has 0 amide bonds. The van der Waals surface area contributed by atoms with Crippen molar-refractivity contribution in [1.29, 1.82) is 0 Å². The number of hydrogen-bond donors (Lipinski definition) is 1. The molecule has 0 aliphatic heterocycles. The highest BCUT2D eigenvalue weighted by Gasteiger charge is 2.57. The molecule has 1 fully saturated rings. The molecule has 41 heavy (non-hydrogen) atoms. The number of aliphatic carboxylic acids is 1. The second kappa shape index (κ2) is 10.7. The molecular weight excluding hydrogens is 533 g/mol. The fraction of sp³-hybridized carbons (Fsp3) is 0.424. The molecule has 1 N–H and O–H groups in total. The lowest BCUT2D eigenvalue weighted by Crippen LogP contribution is -2.47. The van der Waals surface area contributed by atoms with E-state index in [1.54, 1.807) is 31.4 Å². The molecule has 0 heterocycles. The Bertz CT molecular complexity index is 1500. The highest BCUT2D eigenvalue weighted by molar-refractivity contribution is 5.75. The molecule has 5 nitrogen and oxygen atoms in total. The molecule has 1 spiro atoms. The fourth-order valence-electron chi connectivity index (χ4n) is 6.69. The van der Waals surface area contributed by atoms with Crippen LogP contribution in [0.25, 0.3) is 11.1 Å². The number of benzene rings is 3. The summed E-state index contributed by atoms with van der Waals surface area (Å²) in [5.74, 6) is -3.15. The minimum Gasteiger partial charge on any atom is -0.497 e. The van der Waals surface area contributed by atoms with Crippen molar-refractivity contribution in [2.24, 2.45) is 11.3 Å². The first-order valence-corrected chi connectivity index (χ1v) is 13.8. The number of ether oxygens (including phenoxy) is 3. The molecule has 3 aromatic rings. The van der Waals surface area contributed by atoms with Gasteiger partial charge in [0.05, 0.1) is 19.1 Å². The smallest absolute Gasteiger partial charge is 0.307 e. The number of fused-ring (bicyclic) bond motifs is 2. The average molecular weight is 569 g/mol. The van der Waals surface area contributed by atoms with E-state index in [2.05, 4.69) is 0 Å². The summed E-state index contributed by atoms with van der Waals surface area (Å²) in [7, 11) is 3.11. The Morgan fingerprint density at radius 1 is 1.02 bits per heavy atom. The second-order valence-corrected chi connectivity index (χ2v) is 12.1. The van der Waals surface area contributed by atoms with Crippen LogP contribution in [0.4, 0.5) is 13.2 Å². The van der Waals surface area contributed by atoms with E-state index in [4.69, 9.17) is 14.2 Å². The summed E-state index contributed by atoms with van der Waals surface area (Å²) >= 11 is 0. The summed E-state index contributed by atoms with van der Waals surface area (Å²) in [4.78, 5) is 11.8. The zero-order valence-electron chi connectivity index (χ0n) is 23.9. The van der Waals surface area contributed by atoms with Gasteiger partial charge in [-0.3, -0.25) is 4.79 Å². The Hall–Kier alpha value is -3.52. The van der Waals surface area contributed by atoms with Gasteiger partial charge in [-0.1, -0.05) is 32.9 Å². The highest BCUT2D eigenvalue weighted by atomic mass is 19.1. The Balaban J connectivity index is 1.51. The van der Waals surface area contributed by atoms with Gasteiger partial charge in [0, 0.05) is 29.7 Å². The first-order chi connectivity index (χ1) is 19.4. The van der Waals surface area contributed by atoms with Gasteiger partial charge in [-0.2, -0.15) is 0 Å². The highest BCUT2D eigenvalue weighted by Crippen LogP contribution is 2.58. The van der Waals surface area contributed by atoms with Crippen molar-refractivity contribution in [3.63, 3.8) is 0 Å². The molecule has 0 radical (unpaired) electrons. The van der Waals surface area contributed by atoms with E-state index < -0.39 is 40.9 Å². The number of hydrogen-bond acceptors (Lipinski definition) is 4. The molecule has 2 aliphatic rings. The van der Waals surface area contributed by atoms with Crippen LogP contribution >= 0.6 is 0 Å². The van der Waals surface area contributed by atoms with Crippen LogP contribution in [0.1, 0.15) is 68.4 Å². The average Bonchev–Trinajstić information content (AvgIpc) is 3.33. The van der Waals surface area contributed by atoms with Crippen LogP contribution in [0.5, 0.6) is 11.5 Å². The Labute approximate surface area is 238 Å². The van der Waals surface area contributed by atoms with Crippen LogP contribution in [0.2, 0.25) is 0 Å². The van der Waals surface area contributed by atoms with Crippen molar-refractivity contribution in [1.82, 2.24) is 0 Å². The van der Waals surface area contributed by atoms with E-state index >= 15 is 13.2 Å². The zero-order valence-corrected chi connectivity index (χ0v) is 23.9. The van der Waals surface area contributed by atoms with Crippen LogP contribution in [-0.4, -0.2) is 25.3 Å². The molecule has 2 aliphatic carbocycles. The molecule has 0 saturated heterocycles. The van der Waals surface area contributed by atoms with Crippen molar-refractivity contribution in [3.8, 4) is 22.6 Å². The number of carboxylic acids is 1. The summed E-state index contributed by atoms with van der Waals surface area (Å²) in [6, 6.07) is 10.9. The van der Waals surface area contributed by atoms with Gasteiger partial charge in [-0.15, -0.1) is 0 Å².